The van der Waals surface area contributed by atoms with Gasteiger partial charge < -0.3 is 10.2 Å². The van der Waals surface area contributed by atoms with E-state index >= 15 is 0 Å². The predicted octanol–water partition coefficient (Wildman–Crippen LogP) is 5.44. The Kier molecular flexibility index (Phi) is 10.2. The molecule has 0 radical (unpaired) electrons. The third kappa shape index (κ3) is 7.28. The third-order valence-electron chi connectivity index (χ3n) is 5.92. The highest BCUT2D eigenvalue weighted by Crippen LogP contribution is 2.30. The molecule has 0 aliphatic heterocycles. The number of hydrogen-bond donors (Lipinski definition) is 1. The van der Waals surface area contributed by atoms with E-state index in [-0.39, 0.29) is 33.1 Å². The highest BCUT2D eigenvalue weighted by Gasteiger charge is 2.33. The third-order valence-corrected chi connectivity index (χ3v) is 8.14. The van der Waals surface area contributed by atoms with Crippen LogP contribution in [0.15, 0.2) is 77.7 Å². The molecule has 3 rings (SSSR count). The van der Waals surface area contributed by atoms with Gasteiger partial charge in [0.25, 0.3) is 10.0 Å². The maximum absolute atomic E-state index is 13.9. The van der Waals surface area contributed by atoms with Crippen LogP contribution < -0.4 is 9.62 Å². The van der Waals surface area contributed by atoms with E-state index in [9.17, 15) is 18.0 Å². The van der Waals surface area contributed by atoms with Crippen LogP contribution in [0, 0.1) is 6.92 Å². The lowest BCUT2D eigenvalue weighted by Gasteiger charge is -2.33. The molecular formula is C28H31Cl2N3O4S. The maximum atomic E-state index is 13.9. The van der Waals surface area contributed by atoms with Crippen molar-refractivity contribution in [2.45, 2.75) is 44.7 Å². The topological polar surface area (TPSA) is 86.8 Å². The number of aryl methyl sites for hydroxylation is 1. The standard InChI is InChI=1S/C28H31Cl2N3O4S/c1-4-26(28(35)31-5-2)32(18-21-11-9-10-20(3)14-21)27(34)19-33(24-16-22(29)15-23(30)17-24)38(36,37)25-12-7-6-8-13-25/h6-17,26H,4-5,18-19H2,1-3H3,(H,31,35). The van der Waals surface area contributed by atoms with Crippen molar-refractivity contribution in [1.29, 1.82) is 0 Å². The van der Waals surface area contributed by atoms with Crippen LogP contribution in [0.1, 0.15) is 31.4 Å². The fourth-order valence-corrected chi connectivity index (χ4v) is 6.08. The molecule has 0 aliphatic carbocycles. The highest BCUT2D eigenvalue weighted by atomic mass is 35.5. The van der Waals surface area contributed by atoms with Crippen molar-refractivity contribution in [1.82, 2.24) is 10.2 Å². The Labute approximate surface area is 234 Å². The van der Waals surface area contributed by atoms with Gasteiger partial charge in [-0.05, 0) is 56.2 Å². The van der Waals surface area contributed by atoms with Gasteiger partial charge in [-0.25, -0.2) is 8.42 Å². The van der Waals surface area contributed by atoms with Gasteiger partial charge >= 0.3 is 0 Å². The first kappa shape index (κ1) is 29.5. The minimum absolute atomic E-state index is 0.00454. The normalized spacial score (nSPS) is 12.0. The Morgan fingerprint density at radius 3 is 2.16 bits per heavy atom. The summed E-state index contributed by atoms with van der Waals surface area (Å²) in [6.45, 7) is 5.52. The van der Waals surface area contributed by atoms with Gasteiger partial charge in [-0.15, -0.1) is 0 Å². The molecule has 0 aliphatic rings. The number of rotatable bonds is 11. The van der Waals surface area contributed by atoms with E-state index in [1.165, 1.54) is 35.2 Å². The van der Waals surface area contributed by atoms with Crippen molar-refractivity contribution in [2.24, 2.45) is 0 Å². The van der Waals surface area contributed by atoms with E-state index in [0.717, 1.165) is 15.4 Å². The largest absolute Gasteiger partial charge is 0.355 e. The summed E-state index contributed by atoms with van der Waals surface area (Å²) in [6, 6.07) is 19.0. The average Bonchev–Trinajstić information content (AvgIpc) is 2.87. The number of nitrogens with zero attached hydrogens (tertiary/aromatic N) is 2. The zero-order valence-electron chi connectivity index (χ0n) is 21.5. The Balaban J connectivity index is 2.08. The van der Waals surface area contributed by atoms with Crippen LogP contribution in [0.2, 0.25) is 10.0 Å². The van der Waals surface area contributed by atoms with Gasteiger partial charge in [0, 0.05) is 23.1 Å². The highest BCUT2D eigenvalue weighted by molar-refractivity contribution is 7.92. The Bertz CT molecular complexity index is 1360. The molecule has 0 saturated carbocycles. The summed E-state index contributed by atoms with van der Waals surface area (Å²) in [7, 11) is -4.19. The lowest BCUT2D eigenvalue weighted by atomic mass is 10.1. The average molecular weight is 577 g/mol. The summed E-state index contributed by atoms with van der Waals surface area (Å²) in [5.41, 5.74) is 1.97. The molecule has 3 aromatic rings. The van der Waals surface area contributed by atoms with Gasteiger partial charge in [0.1, 0.15) is 12.6 Å². The van der Waals surface area contributed by atoms with Gasteiger partial charge in [0.15, 0.2) is 0 Å². The Hall–Kier alpha value is -3.07. The van der Waals surface area contributed by atoms with Crippen molar-refractivity contribution < 1.29 is 18.0 Å². The number of likely N-dealkylation sites (N-methyl/N-ethyl adjacent to an activating group) is 1. The monoisotopic (exact) mass is 575 g/mol. The van der Waals surface area contributed by atoms with Crippen LogP contribution in [-0.4, -0.2) is 44.3 Å². The fraction of sp³-hybridized carbons (Fsp3) is 0.286. The zero-order valence-corrected chi connectivity index (χ0v) is 23.9. The van der Waals surface area contributed by atoms with E-state index < -0.39 is 28.5 Å². The van der Waals surface area contributed by atoms with Crippen molar-refractivity contribution in [2.75, 3.05) is 17.4 Å². The van der Waals surface area contributed by atoms with Crippen LogP contribution in [-0.2, 0) is 26.2 Å². The van der Waals surface area contributed by atoms with E-state index in [0.29, 0.717) is 13.0 Å². The van der Waals surface area contributed by atoms with Crippen molar-refractivity contribution in [3.8, 4) is 0 Å². The first-order valence-electron chi connectivity index (χ1n) is 12.2. The van der Waals surface area contributed by atoms with Gasteiger partial charge in [0.2, 0.25) is 11.8 Å². The second-order valence-corrected chi connectivity index (χ2v) is 11.5. The lowest BCUT2D eigenvalue weighted by Crippen LogP contribution is -2.52. The minimum Gasteiger partial charge on any atom is -0.355 e. The second kappa shape index (κ2) is 13.1. The van der Waals surface area contributed by atoms with Gasteiger partial charge in [-0.1, -0.05) is 78.2 Å². The smallest absolute Gasteiger partial charge is 0.264 e. The summed E-state index contributed by atoms with van der Waals surface area (Å²) in [5, 5.41) is 3.23. The maximum Gasteiger partial charge on any atom is 0.264 e. The molecule has 3 aromatic carbocycles. The van der Waals surface area contributed by atoms with Crippen LogP contribution in [0.25, 0.3) is 0 Å². The lowest BCUT2D eigenvalue weighted by molar-refractivity contribution is -0.140. The quantitative estimate of drug-likeness (QED) is 0.330. The van der Waals surface area contributed by atoms with Crippen LogP contribution in [0.5, 0.6) is 0 Å². The summed E-state index contributed by atoms with van der Waals surface area (Å²) < 4.78 is 28.5. The summed E-state index contributed by atoms with van der Waals surface area (Å²) in [6.07, 6.45) is 0.345. The number of carbonyl (C=O) groups is 2. The summed E-state index contributed by atoms with van der Waals surface area (Å²) in [4.78, 5) is 28.4. The molecule has 1 atom stereocenters. The predicted molar refractivity (Wildman–Crippen MR) is 152 cm³/mol. The van der Waals surface area contributed by atoms with Crippen molar-refractivity contribution >= 4 is 50.7 Å². The van der Waals surface area contributed by atoms with Crippen molar-refractivity contribution in [3.63, 3.8) is 0 Å². The molecule has 10 heteroatoms. The van der Waals surface area contributed by atoms with Crippen LogP contribution >= 0.6 is 23.2 Å². The number of amides is 2. The number of sulfonamides is 1. The van der Waals surface area contributed by atoms with E-state index in [4.69, 9.17) is 23.2 Å². The number of halogens is 2. The molecule has 0 fully saturated rings. The minimum atomic E-state index is -4.19. The summed E-state index contributed by atoms with van der Waals surface area (Å²) in [5.74, 6) is -0.848. The van der Waals surface area contributed by atoms with Gasteiger partial charge in [0.05, 0.1) is 10.6 Å². The number of nitrogens with one attached hydrogen (secondary N) is 1. The SMILES string of the molecule is CCNC(=O)C(CC)N(Cc1cccc(C)c1)C(=O)CN(c1cc(Cl)cc(Cl)c1)S(=O)(=O)c1ccccc1. The molecule has 7 nitrogen and oxygen atoms in total. The van der Waals surface area contributed by atoms with Crippen molar-refractivity contribution in [3.05, 3.63) is 94.0 Å². The van der Waals surface area contributed by atoms with E-state index in [1.807, 2.05) is 38.1 Å². The number of carbonyl (C=O) groups excluding carboxylic acids is 2. The molecule has 1 unspecified atom stereocenters. The molecule has 0 aromatic heterocycles. The summed E-state index contributed by atoms with van der Waals surface area (Å²) >= 11 is 12.4. The molecule has 38 heavy (non-hydrogen) atoms. The Morgan fingerprint density at radius 2 is 1.58 bits per heavy atom. The first-order chi connectivity index (χ1) is 18.1. The van der Waals surface area contributed by atoms with Gasteiger partial charge in [-0.3, -0.25) is 13.9 Å². The molecule has 0 bridgehead atoms. The van der Waals surface area contributed by atoms with Crippen LogP contribution in [0.3, 0.4) is 0 Å². The second-order valence-electron chi connectivity index (χ2n) is 8.78. The van der Waals surface area contributed by atoms with Crippen LogP contribution in [0.4, 0.5) is 5.69 Å². The molecule has 0 heterocycles. The Morgan fingerprint density at radius 1 is 0.921 bits per heavy atom. The number of anilines is 1. The molecule has 0 spiro atoms. The molecular weight excluding hydrogens is 545 g/mol. The van der Waals surface area contributed by atoms with Gasteiger partial charge in [-0.2, -0.15) is 0 Å². The molecule has 202 valence electrons. The number of benzene rings is 3. The van der Waals surface area contributed by atoms with E-state index in [1.54, 1.807) is 25.1 Å². The fourth-order valence-electron chi connectivity index (χ4n) is 4.15. The number of hydrogen-bond acceptors (Lipinski definition) is 4. The zero-order chi connectivity index (χ0) is 27.9. The molecule has 2 amide bonds. The molecule has 1 N–H and O–H groups in total. The molecule has 0 saturated heterocycles. The first-order valence-corrected chi connectivity index (χ1v) is 14.4. The van der Waals surface area contributed by atoms with E-state index in [2.05, 4.69) is 5.32 Å².